The first-order chi connectivity index (χ1) is 5.83. The molecule has 1 fully saturated rings. The molecule has 2 heteroatoms. The third kappa shape index (κ3) is 4.27. The van der Waals surface area contributed by atoms with E-state index in [9.17, 15) is 0 Å². The van der Waals surface area contributed by atoms with E-state index in [2.05, 4.69) is 31.9 Å². The van der Waals surface area contributed by atoms with E-state index in [4.69, 9.17) is 0 Å². The van der Waals surface area contributed by atoms with Gasteiger partial charge in [-0.05, 0) is 18.8 Å². The molecule has 72 valence electrons. The van der Waals surface area contributed by atoms with Crippen molar-refractivity contribution < 1.29 is 0 Å². The van der Waals surface area contributed by atoms with E-state index in [-0.39, 0.29) is 0 Å². The molecule has 0 aromatic carbocycles. The fourth-order valence-corrected chi connectivity index (χ4v) is 3.95. The molecular weight excluding hydrogens is 280 g/mol. The Kier molecular flexibility index (Phi) is 5.90. The van der Waals surface area contributed by atoms with Crippen LogP contribution in [0.2, 0.25) is 0 Å². The molecule has 0 aliphatic heterocycles. The maximum Gasteiger partial charge on any atom is 0.0156 e. The van der Waals surface area contributed by atoms with E-state index >= 15 is 0 Å². The van der Waals surface area contributed by atoms with Crippen molar-refractivity contribution in [2.45, 2.75) is 49.8 Å². The average Bonchev–Trinajstić information content (AvgIpc) is 2.06. The summed E-state index contributed by atoms with van der Waals surface area (Å²) in [6.45, 7) is 0. The maximum absolute atomic E-state index is 3.74. The van der Waals surface area contributed by atoms with Crippen LogP contribution in [0.1, 0.15) is 44.9 Å². The SMILES string of the molecule is BrCCC(Br)CC1CCCCC1. The summed E-state index contributed by atoms with van der Waals surface area (Å²) in [4.78, 5) is 0.750. The lowest BCUT2D eigenvalue weighted by Crippen LogP contribution is -2.12. The van der Waals surface area contributed by atoms with Crippen molar-refractivity contribution >= 4 is 31.9 Å². The van der Waals surface area contributed by atoms with Crippen molar-refractivity contribution in [2.75, 3.05) is 5.33 Å². The zero-order valence-electron chi connectivity index (χ0n) is 7.57. The highest BCUT2D eigenvalue weighted by molar-refractivity contribution is 9.10. The lowest BCUT2D eigenvalue weighted by molar-refractivity contribution is 0.336. The van der Waals surface area contributed by atoms with Crippen LogP contribution >= 0.6 is 31.9 Å². The van der Waals surface area contributed by atoms with Gasteiger partial charge in [-0.2, -0.15) is 0 Å². The van der Waals surface area contributed by atoms with Gasteiger partial charge >= 0.3 is 0 Å². The monoisotopic (exact) mass is 296 g/mol. The van der Waals surface area contributed by atoms with E-state index < -0.39 is 0 Å². The van der Waals surface area contributed by atoms with Crippen LogP contribution in [-0.2, 0) is 0 Å². The predicted molar refractivity (Wildman–Crippen MR) is 62.3 cm³/mol. The van der Waals surface area contributed by atoms with Crippen LogP contribution in [0.4, 0.5) is 0 Å². The highest BCUT2D eigenvalue weighted by Gasteiger charge is 2.16. The summed E-state index contributed by atoms with van der Waals surface area (Å²) in [5, 5.41) is 1.13. The van der Waals surface area contributed by atoms with Crippen LogP contribution in [0, 0.1) is 5.92 Å². The Balaban J connectivity index is 2.11. The molecule has 1 rings (SSSR count). The Labute approximate surface area is 92.8 Å². The summed E-state index contributed by atoms with van der Waals surface area (Å²) in [6, 6.07) is 0. The van der Waals surface area contributed by atoms with Crippen LogP contribution in [-0.4, -0.2) is 10.2 Å². The summed E-state index contributed by atoms with van der Waals surface area (Å²) in [5.41, 5.74) is 0. The number of halogens is 2. The van der Waals surface area contributed by atoms with Crippen molar-refractivity contribution in [3.8, 4) is 0 Å². The van der Waals surface area contributed by atoms with Gasteiger partial charge in [0, 0.05) is 10.2 Å². The van der Waals surface area contributed by atoms with Crippen LogP contribution in [0.15, 0.2) is 0 Å². The fraction of sp³-hybridized carbons (Fsp3) is 1.00. The van der Waals surface area contributed by atoms with Crippen LogP contribution in [0.5, 0.6) is 0 Å². The molecule has 0 aromatic rings. The minimum absolute atomic E-state index is 0.750. The summed E-state index contributed by atoms with van der Waals surface area (Å²) in [7, 11) is 0. The molecule has 0 N–H and O–H groups in total. The molecule has 0 bridgehead atoms. The van der Waals surface area contributed by atoms with Crippen molar-refractivity contribution in [3.63, 3.8) is 0 Å². The van der Waals surface area contributed by atoms with Gasteiger partial charge in [0.1, 0.15) is 0 Å². The van der Waals surface area contributed by atoms with Crippen LogP contribution < -0.4 is 0 Å². The van der Waals surface area contributed by atoms with Gasteiger partial charge in [0.25, 0.3) is 0 Å². The summed E-state index contributed by atoms with van der Waals surface area (Å²) in [5.74, 6) is 1.02. The molecule has 0 spiro atoms. The van der Waals surface area contributed by atoms with E-state index in [0.717, 1.165) is 16.1 Å². The Morgan fingerprint density at radius 1 is 1.17 bits per heavy atom. The summed E-state index contributed by atoms with van der Waals surface area (Å²) < 4.78 is 0. The Hall–Kier alpha value is 0.960. The lowest BCUT2D eigenvalue weighted by atomic mass is 9.86. The molecule has 12 heavy (non-hydrogen) atoms. The molecule has 1 aliphatic rings. The minimum atomic E-state index is 0.750. The standard InChI is InChI=1S/C10H18Br2/c11-7-6-10(12)8-9-4-2-1-3-5-9/h9-10H,1-8H2. The molecule has 0 nitrogen and oxygen atoms in total. The molecule has 1 aliphatic carbocycles. The first kappa shape index (κ1) is 11.0. The topological polar surface area (TPSA) is 0 Å². The number of hydrogen-bond acceptors (Lipinski definition) is 0. The molecule has 0 amide bonds. The van der Waals surface area contributed by atoms with Crippen molar-refractivity contribution in [2.24, 2.45) is 5.92 Å². The normalized spacial score (nSPS) is 22.5. The van der Waals surface area contributed by atoms with E-state index in [1.54, 1.807) is 0 Å². The molecule has 0 aromatic heterocycles. The van der Waals surface area contributed by atoms with Crippen molar-refractivity contribution in [1.29, 1.82) is 0 Å². The Morgan fingerprint density at radius 3 is 2.42 bits per heavy atom. The lowest BCUT2D eigenvalue weighted by Gasteiger charge is -2.23. The fourth-order valence-electron chi connectivity index (χ4n) is 2.02. The predicted octanol–water partition coefficient (Wildman–Crippen LogP) is 4.51. The van der Waals surface area contributed by atoms with Gasteiger partial charge in [-0.1, -0.05) is 64.0 Å². The first-order valence-corrected chi connectivity index (χ1v) is 7.06. The van der Waals surface area contributed by atoms with Gasteiger partial charge in [0.15, 0.2) is 0 Å². The second-order valence-electron chi connectivity index (χ2n) is 3.81. The van der Waals surface area contributed by atoms with E-state index in [1.807, 2.05) is 0 Å². The third-order valence-electron chi connectivity index (χ3n) is 2.74. The molecule has 0 saturated heterocycles. The van der Waals surface area contributed by atoms with E-state index in [0.29, 0.717) is 0 Å². The Bertz CT molecular complexity index is 108. The van der Waals surface area contributed by atoms with Gasteiger partial charge in [0.2, 0.25) is 0 Å². The molecular formula is C10H18Br2. The van der Waals surface area contributed by atoms with Crippen molar-refractivity contribution in [3.05, 3.63) is 0 Å². The summed E-state index contributed by atoms with van der Waals surface area (Å²) in [6.07, 6.45) is 10.0. The highest BCUT2D eigenvalue weighted by atomic mass is 79.9. The minimum Gasteiger partial charge on any atom is -0.0928 e. The zero-order chi connectivity index (χ0) is 8.81. The zero-order valence-corrected chi connectivity index (χ0v) is 10.7. The van der Waals surface area contributed by atoms with Crippen molar-refractivity contribution in [1.82, 2.24) is 0 Å². The third-order valence-corrected chi connectivity index (χ3v) is 4.03. The van der Waals surface area contributed by atoms with Crippen LogP contribution in [0.25, 0.3) is 0 Å². The second kappa shape index (κ2) is 6.42. The second-order valence-corrected chi connectivity index (χ2v) is 5.90. The molecule has 1 saturated carbocycles. The Morgan fingerprint density at radius 2 is 1.83 bits per heavy atom. The number of rotatable bonds is 4. The highest BCUT2D eigenvalue weighted by Crippen LogP contribution is 2.30. The molecule has 0 radical (unpaired) electrons. The van der Waals surface area contributed by atoms with Gasteiger partial charge in [0.05, 0.1) is 0 Å². The first-order valence-electron chi connectivity index (χ1n) is 5.03. The average molecular weight is 298 g/mol. The van der Waals surface area contributed by atoms with Gasteiger partial charge in [-0.25, -0.2) is 0 Å². The maximum atomic E-state index is 3.74. The quantitative estimate of drug-likeness (QED) is 0.670. The number of alkyl halides is 2. The van der Waals surface area contributed by atoms with Gasteiger partial charge in [-0.15, -0.1) is 0 Å². The largest absolute Gasteiger partial charge is 0.0928 e. The van der Waals surface area contributed by atoms with Gasteiger partial charge in [-0.3, -0.25) is 0 Å². The molecule has 0 heterocycles. The molecule has 1 atom stereocenters. The van der Waals surface area contributed by atoms with E-state index in [1.165, 1.54) is 44.9 Å². The van der Waals surface area contributed by atoms with Gasteiger partial charge < -0.3 is 0 Å². The number of hydrogen-bond donors (Lipinski definition) is 0. The molecule has 1 unspecified atom stereocenters. The smallest absolute Gasteiger partial charge is 0.0156 e. The van der Waals surface area contributed by atoms with Crippen LogP contribution in [0.3, 0.4) is 0 Å². The summed E-state index contributed by atoms with van der Waals surface area (Å²) >= 11 is 7.23.